The minimum absolute atomic E-state index is 0.0361. The first kappa shape index (κ1) is 25.9. The lowest BCUT2D eigenvalue weighted by atomic mass is 9.99. The second-order valence-corrected chi connectivity index (χ2v) is 9.40. The van der Waals surface area contributed by atoms with Crippen molar-refractivity contribution < 1.29 is 9.84 Å². The minimum Gasteiger partial charge on any atom is -0.491 e. The van der Waals surface area contributed by atoms with Crippen LogP contribution in [0.4, 0.5) is 5.69 Å². The van der Waals surface area contributed by atoms with Gasteiger partial charge in [0.05, 0.1) is 35.0 Å². The number of anilines is 1. The summed E-state index contributed by atoms with van der Waals surface area (Å²) in [7, 11) is 0. The third-order valence-electron chi connectivity index (χ3n) is 6.29. The van der Waals surface area contributed by atoms with Gasteiger partial charge >= 0.3 is 0 Å². The molecule has 0 bridgehead atoms. The summed E-state index contributed by atoms with van der Waals surface area (Å²) in [5.41, 5.74) is 3.29. The van der Waals surface area contributed by atoms with Crippen molar-refractivity contribution in [1.82, 2.24) is 4.90 Å². The van der Waals surface area contributed by atoms with Gasteiger partial charge in [-0.25, -0.2) is 0 Å². The molecule has 1 aliphatic heterocycles. The van der Waals surface area contributed by atoms with Crippen LogP contribution in [-0.4, -0.2) is 49.4 Å². The zero-order valence-electron chi connectivity index (χ0n) is 19.6. The fourth-order valence-corrected chi connectivity index (χ4v) is 4.87. The molecule has 0 radical (unpaired) electrons. The highest BCUT2D eigenvalue weighted by molar-refractivity contribution is 6.33. The molecule has 36 heavy (non-hydrogen) atoms. The van der Waals surface area contributed by atoms with E-state index < -0.39 is 6.04 Å². The van der Waals surface area contributed by atoms with E-state index >= 15 is 0 Å². The number of nitrogens with zero attached hydrogens (tertiary/aromatic N) is 4. The molecule has 7 nitrogen and oxygen atoms in total. The van der Waals surface area contributed by atoms with Crippen molar-refractivity contribution >= 4 is 28.9 Å². The molecule has 9 heteroatoms. The maximum absolute atomic E-state index is 11.7. The number of ether oxygens (including phenoxy) is 1. The first-order chi connectivity index (χ1) is 17.5. The number of nitriles is 1. The number of aliphatic hydroxyl groups is 1. The van der Waals surface area contributed by atoms with Crippen LogP contribution in [0.2, 0.25) is 10.0 Å². The van der Waals surface area contributed by atoms with E-state index in [1.807, 2.05) is 36.4 Å². The molecule has 1 N–H and O–H groups in total. The second kappa shape index (κ2) is 12.2. The van der Waals surface area contributed by atoms with Crippen LogP contribution in [0.15, 0.2) is 71.9 Å². The van der Waals surface area contributed by atoms with Crippen molar-refractivity contribution in [3.05, 3.63) is 98.4 Å². The summed E-state index contributed by atoms with van der Waals surface area (Å²) in [6.45, 7) is 2.65. The van der Waals surface area contributed by atoms with Gasteiger partial charge in [0.1, 0.15) is 18.4 Å². The van der Waals surface area contributed by atoms with Crippen LogP contribution in [0, 0.1) is 16.2 Å². The van der Waals surface area contributed by atoms with Crippen LogP contribution < -0.4 is 9.64 Å². The van der Waals surface area contributed by atoms with Gasteiger partial charge in [0.25, 0.3) is 0 Å². The summed E-state index contributed by atoms with van der Waals surface area (Å²) in [6, 6.07) is 21.8. The summed E-state index contributed by atoms with van der Waals surface area (Å²) >= 11 is 12.8. The van der Waals surface area contributed by atoms with Gasteiger partial charge in [-0.05, 0) is 47.5 Å². The topological polar surface area (TPSA) is 89.2 Å². The molecule has 0 saturated carbocycles. The first-order valence-corrected chi connectivity index (χ1v) is 12.4. The van der Waals surface area contributed by atoms with Gasteiger partial charge in [0.15, 0.2) is 0 Å². The molecule has 1 fully saturated rings. The van der Waals surface area contributed by atoms with Gasteiger partial charge in [0.2, 0.25) is 0 Å². The van der Waals surface area contributed by atoms with Crippen LogP contribution in [0.25, 0.3) is 0 Å². The van der Waals surface area contributed by atoms with E-state index in [1.165, 1.54) is 0 Å². The van der Waals surface area contributed by atoms with Crippen LogP contribution in [0.1, 0.15) is 28.8 Å². The lowest BCUT2D eigenvalue weighted by Crippen LogP contribution is -2.49. The minimum atomic E-state index is -0.540. The highest BCUT2D eigenvalue weighted by atomic mass is 35.5. The standard InChI is InChI=1S/C27H26Cl2N4O3/c28-22-7-5-21(6-8-22)27-18-32(17-25(31-35)20-3-1-19(16-30)2-4-20)11-12-33(27)26-10-9-23(15-24(26)29)36-14-13-34/h1-10,15,25,27,34H,11-14,17-18H2/t25?,27-/m0/s1. The van der Waals surface area contributed by atoms with Crippen molar-refractivity contribution in [2.45, 2.75) is 12.1 Å². The second-order valence-electron chi connectivity index (χ2n) is 8.56. The lowest BCUT2D eigenvalue weighted by Gasteiger charge is -2.44. The number of hydrogen-bond donors (Lipinski definition) is 1. The highest BCUT2D eigenvalue weighted by Gasteiger charge is 2.31. The number of hydrogen-bond acceptors (Lipinski definition) is 7. The number of halogens is 2. The maximum Gasteiger partial charge on any atom is 0.129 e. The molecule has 1 heterocycles. The smallest absolute Gasteiger partial charge is 0.129 e. The zero-order chi connectivity index (χ0) is 25.5. The van der Waals surface area contributed by atoms with Crippen molar-refractivity contribution in [2.75, 3.05) is 44.3 Å². The third-order valence-corrected chi connectivity index (χ3v) is 6.85. The summed E-state index contributed by atoms with van der Waals surface area (Å²) in [6.07, 6.45) is 0. The Morgan fingerprint density at radius 3 is 2.47 bits per heavy atom. The average Bonchev–Trinajstić information content (AvgIpc) is 2.91. The van der Waals surface area contributed by atoms with Crippen LogP contribution >= 0.6 is 23.2 Å². The zero-order valence-corrected chi connectivity index (χ0v) is 21.1. The predicted molar refractivity (Wildman–Crippen MR) is 142 cm³/mol. The fraction of sp³-hybridized carbons (Fsp3) is 0.296. The van der Waals surface area contributed by atoms with E-state index in [9.17, 15) is 4.91 Å². The SMILES string of the molecule is N#Cc1ccc(C(CN2CCN(c3ccc(OCCO)cc3Cl)[C@H](c3ccc(Cl)cc3)C2)N=O)cc1. The molecule has 1 aliphatic rings. The average molecular weight is 525 g/mol. The molecule has 186 valence electrons. The van der Waals surface area contributed by atoms with Gasteiger partial charge in [-0.15, -0.1) is 0 Å². The molecule has 1 unspecified atom stereocenters. The maximum atomic E-state index is 11.7. The molecular weight excluding hydrogens is 499 g/mol. The number of rotatable bonds is 9. The van der Waals surface area contributed by atoms with Gasteiger partial charge in [-0.3, -0.25) is 4.90 Å². The molecule has 1 saturated heterocycles. The van der Waals surface area contributed by atoms with E-state index in [0.717, 1.165) is 16.8 Å². The predicted octanol–water partition coefficient (Wildman–Crippen LogP) is 5.61. The molecule has 3 aromatic carbocycles. The Labute approximate surface area is 220 Å². The third kappa shape index (κ3) is 6.15. The Balaban J connectivity index is 1.57. The van der Waals surface area contributed by atoms with Crippen molar-refractivity contribution in [2.24, 2.45) is 5.18 Å². The molecule has 3 aromatic rings. The lowest BCUT2D eigenvalue weighted by molar-refractivity contribution is 0.201. The van der Waals surface area contributed by atoms with Crippen LogP contribution in [0.5, 0.6) is 5.75 Å². The van der Waals surface area contributed by atoms with E-state index in [4.69, 9.17) is 38.3 Å². The summed E-state index contributed by atoms with van der Waals surface area (Å²) in [5.74, 6) is 0.599. The van der Waals surface area contributed by atoms with Crippen LogP contribution in [-0.2, 0) is 0 Å². The van der Waals surface area contributed by atoms with E-state index in [2.05, 4.69) is 21.0 Å². The van der Waals surface area contributed by atoms with E-state index in [-0.39, 0.29) is 19.3 Å². The molecule has 0 amide bonds. The number of benzene rings is 3. The highest BCUT2D eigenvalue weighted by Crippen LogP contribution is 2.38. The van der Waals surface area contributed by atoms with Gasteiger partial charge in [0, 0.05) is 37.3 Å². The molecular formula is C27H26Cl2N4O3. The number of nitroso groups, excluding NO2 is 1. The molecule has 0 aliphatic carbocycles. The monoisotopic (exact) mass is 524 g/mol. The Kier molecular flexibility index (Phi) is 8.79. The summed E-state index contributed by atoms with van der Waals surface area (Å²) in [5, 5.41) is 22.7. The Bertz CT molecular complexity index is 1220. The Morgan fingerprint density at radius 2 is 1.83 bits per heavy atom. The number of aliphatic hydroxyl groups excluding tert-OH is 1. The van der Waals surface area contributed by atoms with Crippen LogP contribution in [0.3, 0.4) is 0 Å². The normalized spacial score (nSPS) is 16.8. The van der Waals surface area contributed by atoms with Crippen molar-refractivity contribution in [3.8, 4) is 11.8 Å². The van der Waals surface area contributed by atoms with Gasteiger partial charge in [-0.2, -0.15) is 10.2 Å². The van der Waals surface area contributed by atoms with E-state index in [0.29, 0.717) is 47.5 Å². The molecule has 0 aromatic heterocycles. The largest absolute Gasteiger partial charge is 0.491 e. The van der Waals surface area contributed by atoms with E-state index in [1.54, 1.807) is 30.3 Å². The summed E-state index contributed by atoms with van der Waals surface area (Å²) in [4.78, 5) is 16.2. The quantitative estimate of drug-likeness (QED) is 0.366. The number of piperazine rings is 1. The molecule has 4 rings (SSSR count). The van der Waals surface area contributed by atoms with Crippen molar-refractivity contribution in [3.63, 3.8) is 0 Å². The summed E-state index contributed by atoms with van der Waals surface area (Å²) < 4.78 is 5.50. The molecule has 2 atom stereocenters. The van der Waals surface area contributed by atoms with Gasteiger partial charge < -0.3 is 14.7 Å². The Hall–Kier alpha value is -3.15. The Morgan fingerprint density at radius 1 is 1.08 bits per heavy atom. The van der Waals surface area contributed by atoms with Crippen molar-refractivity contribution in [1.29, 1.82) is 5.26 Å². The first-order valence-electron chi connectivity index (χ1n) is 11.6. The molecule has 0 spiro atoms. The fourth-order valence-electron chi connectivity index (χ4n) is 4.46. The van der Waals surface area contributed by atoms with Gasteiger partial charge in [-0.1, -0.05) is 52.6 Å².